The number of carbonyl (C=O) groups excluding carboxylic acids is 3. The Morgan fingerprint density at radius 2 is 1.00 bits per heavy atom. The first-order valence-corrected chi connectivity index (χ1v) is 21.1. The summed E-state index contributed by atoms with van der Waals surface area (Å²) in [4.78, 5) is 80.2. The third-order valence-electron chi connectivity index (χ3n) is 10.3. The SMILES string of the molecule is [2H]c1nc(N(C)[C@H]2C([2H])([2H])N(C(=O)C[N+]#[C-])C([2H])([2H])C([2H])([2H])[C@@]2([2H])C([2H])([2H])[2H])c2c([2H])c(C)[nH]c2n1.[2H]c1nc(N(C)[C@]2([2H])[C@H](C([2H])([2H])[2H])C([2H])([2H])C([2H])([2H])N(C(=O)C[N+]#[C-])C2([2H])[2H])c2c([2H])c(C)[nH]c2n1.[2H]c1nc(N(C)[C@]2([2H])[C@H](C)C([2H])([2H])C([2H])([2H])N(C(=O)C[N+]#[C-])C2([2H])[2H])c2c([2H])c(C)[nH]c2n1. The van der Waals surface area contributed by atoms with Crippen LogP contribution in [0.2, 0.25) is 0 Å². The molecule has 0 saturated carbocycles. The van der Waals surface area contributed by atoms with Gasteiger partial charge in [-0.15, -0.1) is 0 Å². The van der Waals surface area contributed by atoms with Gasteiger partial charge in [-0.25, -0.2) is 49.6 Å². The molecule has 378 valence electrons. The molecule has 3 amide bonds. The molecule has 3 saturated heterocycles. The molecule has 0 radical (unpaired) electrons. The Labute approximate surface area is 467 Å². The van der Waals surface area contributed by atoms with Crippen molar-refractivity contribution in [3.05, 3.63) is 88.4 Å². The van der Waals surface area contributed by atoms with E-state index in [1.54, 1.807) is 6.92 Å². The van der Waals surface area contributed by atoms with E-state index in [2.05, 4.69) is 59.4 Å². The number of nitrogens with zero attached hydrogens (tertiary/aromatic N) is 15. The van der Waals surface area contributed by atoms with Crippen LogP contribution < -0.4 is 14.7 Å². The van der Waals surface area contributed by atoms with Crippen LogP contribution in [0.25, 0.3) is 47.6 Å². The number of piperidine rings is 3. The van der Waals surface area contributed by atoms with Gasteiger partial charge < -0.3 is 58.9 Å². The molecule has 3 N–H and O–H groups in total. The Bertz CT molecular complexity index is 4610. The lowest BCUT2D eigenvalue weighted by molar-refractivity contribution is -0.131. The quantitative estimate of drug-likeness (QED) is 0.152. The number of aromatic nitrogens is 9. The highest BCUT2D eigenvalue weighted by Gasteiger charge is 2.36. The van der Waals surface area contributed by atoms with Gasteiger partial charge in [-0.1, -0.05) is 20.6 Å². The molecule has 0 unspecified atom stereocenters. The number of aryl methyl sites for hydroxylation is 3. The maximum atomic E-state index is 12.8. The molecule has 6 atom stereocenters. The minimum atomic E-state index is -3.72. The topological polar surface area (TPSA) is 208 Å². The van der Waals surface area contributed by atoms with Gasteiger partial charge in [-0.2, -0.15) is 0 Å². The molecule has 6 aromatic rings. The van der Waals surface area contributed by atoms with E-state index < -0.39 is 176 Å². The van der Waals surface area contributed by atoms with Crippen molar-refractivity contribution in [2.75, 3.05) is 94.5 Å². The van der Waals surface area contributed by atoms with Crippen LogP contribution in [0.15, 0.2) is 37.0 Å². The minimum Gasteiger partial charge on any atom is -0.354 e. The van der Waals surface area contributed by atoms with Crippen LogP contribution in [0, 0.1) is 58.2 Å². The molecular formula is C51H66N18O3. The molecular weight excluding hydrogens is 913 g/mol. The minimum absolute atomic E-state index is 0.00842. The van der Waals surface area contributed by atoms with E-state index in [4.69, 9.17) is 63.6 Å². The van der Waals surface area contributed by atoms with Crippen LogP contribution >= 0.6 is 0 Å². The van der Waals surface area contributed by atoms with Gasteiger partial charge in [-0.05, 0) is 75.7 Å². The number of rotatable bonds is 9. The van der Waals surface area contributed by atoms with Gasteiger partial charge in [0.25, 0.3) is 19.6 Å². The summed E-state index contributed by atoms with van der Waals surface area (Å²) < 4.78 is 277. The van der Waals surface area contributed by atoms with Crippen molar-refractivity contribution < 1.29 is 59.6 Å². The average molecular weight is 1010 g/mol. The van der Waals surface area contributed by atoms with E-state index in [1.165, 1.54) is 20.9 Å². The van der Waals surface area contributed by atoms with E-state index in [0.717, 1.165) is 30.8 Å². The zero-order valence-corrected chi connectivity index (χ0v) is 39.3. The second-order valence-electron chi connectivity index (χ2n) is 15.4. The van der Waals surface area contributed by atoms with Crippen molar-refractivity contribution >= 4 is 68.3 Å². The zero-order valence-electron chi connectivity index (χ0n) is 72.3. The standard InChI is InChI=1S/3C17H22N6O/c3*1-11-5-6-23(15(24)8-18-3)9-14(11)22(4)17-13-7-12(2)21-16(13)19-10-20-17/h3*7,10-11,14H,5-6,8-9H2,1-2,4H3,(H,19,20,21)/t3*11-,14+/m111/s1/i1D3,5D2,6D2,7D,9D2,10D,14D;1D3,5D2,6D2,7D,9D2,10D,11D;5D2,6D2,7D,9D2,10D,14D. The van der Waals surface area contributed by atoms with Crippen molar-refractivity contribution in [2.24, 2.45) is 17.7 Å². The number of amides is 3. The van der Waals surface area contributed by atoms with Crippen LogP contribution in [0.4, 0.5) is 17.5 Å². The van der Waals surface area contributed by atoms with Gasteiger partial charge >= 0.3 is 17.7 Å². The van der Waals surface area contributed by atoms with Crippen molar-refractivity contribution in [2.45, 2.75) is 78.6 Å². The summed E-state index contributed by atoms with van der Waals surface area (Å²) in [5.74, 6) is -13.3. The normalized spacial score (nSPS) is 37.2. The van der Waals surface area contributed by atoms with Gasteiger partial charge in [0.2, 0.25) is 0 Å². The number of H-pyrrole nitrogens is 3. The Morgan fingerprint density at radius 1 is 0.625 bits per heavy atom. The monoisotopic (exact) mass is 1010 g/mol. The molecule has 3 fully saturated rings. The van der Waals surface area contributed by atoms with E-state index >= 15 is 0 Å². The molecule has 3 aliphatic heterocycles. The maximum Gasteiger partial charge on any atom is 0.302 e. The third kappa shape index (κ3) is 11.5. The summed E-state index contributed by atoms with van der Waals surface area (Å²) in [7, 11) is 3.24. The fraction of sp³-hybridized carbons (Fsp3) is 0.529. The van der Waals surface area contributed by atoms with Gasteiger partial charge in [0.15, 0.2) is 0 Å². The maximum absolute atomic E-state index is 12.8. The number of fused-ring (bicyclic) bond motifs is 3. The van der Waals surface area contributed by atoms with Gasteiger partial charge in [0.1, 0.15) is 57.4 Å². The molecule has 9 rings (SSSR count). The smallest absolute Gasteiger partial charge is 0.302 e. The molecule has 0 aliphatic carbocycles. The molecule has 3 aliphatic rings. The van der Waals surface area contributed by atoms with Crippen LogP contribution in [-0.2, 0) is 14.4 Å². The number of anilines is 3. The predicted molar refractivity (Wildman–Crippen MR) is 278 cm³/mol. The first-order chi connectivity index (χ1) is 47.3. The molecule has 21 nitrogen and oxygen atoms in total. The van der Waals surface area contributed by atoms with Crippen LogP contribution in [-0.4, -0.2) is 175 Å². The molecule has 0 aromatic carbocycles. The summed E-state index contributed by atoms with van der Waals surface area (Å²) in [6.45, 7) is -4.26. The highest BCUT2D eigenvalue weighted by atomic mass is 16.2. The lowest BCUT2D eigenvalue weighted by Crippen LogP contribution is -2.53. The predicted octanol–water partition coefficient (Wildman–Crippen LogP) is 5.58. The van der Waals surface area contributed by atoms with E-state index in [-0.39, 0.29) is 83.1 Å². The second kappa shape index (κ2) is 22.9. The van der Waals surface area contributed by atoms with Crippen LogP contribution in [0.3, 0.4) is 0 Å². The van der Waals surface area contributed by atoms with Crippen LogP contribution in [0.1, 0.15) is 102 Å². The first kappa shape index (κ1) is 24.0. The highest BCUT2D eigenvalue weighted by molar-refractivity contribution is 5.90. The molecule has 0 spiro atoms. The Morgan fingerprint density at radius 3 is 1.40 bits per heavy atom. The Kier molecular flexibility index (Phi) is 7.65. The van der Waals surface area contributed by atoms with Gasteiger partial charge in [0, 0.05) is 103 Å². The van der Waals surface area contributed by atoms with Crippen molar-refractivity contribution in [1.82, 2.24) is 59.6 Å². The summed E-state index contributed by atoms with van der Waals surface area (Å²) in [5.41, 5.74) is 0.923. The summed E-state index contributed by atoms with van der Waals surface area (Å²) in [6, 6.07) is -8.93. The lowest BCUT2D eigenvalue weighted by Gasteiger charge is -2.41. The average Bonchev–Trinajstić information content (AvgIpc) is 1.67. The lowest BCUT2D eigenvalue weighted by atomic mass is 9.92. The van der Waals surface area contributed by atoms with Crippen molar-refractivity contribution in [1.29, 1.82) is 0 Å². The molecule has 9 heterocycles. The molecule has 6 aromatic heterocycles. The molecule has 0 bridgehead atoms. The van der Waals surface area contributed by atoms with Crippen LogP contribution in [0.5, 0.6) is 0 Å². The Balaban J connectivity index is 0.000000220. The number of likely N-dealkylation sites (N-methyl/N-ethyl adjacent to an activating group) is 3. The number of nitrogens with one attached hydrogen (secondary N) is 3. The second-order valence-corrected chi connectivity index (χ2v) is 15.4. The zero-order chi connectivity index (χ0) is 80.9. The van der Waals surface area contributed by atoms with Gasteiger partial charge in [-0.3, -0.25) is 14.4 Å². The van der Waals surface area contributed by atoms with E-state index in [1.807, 2.05) is 0 Å². The van der Waals surface area contributed by atoms with Crippen molar-refractivity contribution in [3.63, 3.8) is 0 Å². The number of likely N-dealkylation sites (tertiary alicyclic amines) is 3. The largest absolute Gasteiger partial charge is 0.354 e. The number of hydrogen-bond donors (Lipinski definition) is 3. The van der Waals surface area contributed by atoms with Gasteiger partial charge in [0.05, 0.1) is 49.3 Å². The van der Waals surface area contributed by atoms with Crippen molar-refractivity contribution in [3.8, 4) is 0 Å². The summed E-state index contributed by atoms with van der Waals surface area (Å²) in [5, 5.41) is -0.137. The summed E-state index contributed by atoms with van der Waals surface area (Å²) in [6.07, 6.45) is -12.0. The third-order valence-corrected chi connectivity index (χ3v) is 10.3. The van der Waals surface area contributed by atoms with E-state index in [9.17, 15) is 15.8 Å². The number of aromatic amines is 3. The highest BCUT2D eigenvalue weighted by Crippen LogP contribution is 2.32. The summed E-state index contributed by atoms with van der Waals surface area (Å²) >= 11 is 0. The fourth-order valence-electron chi connectivity index (χ4n) is 6.91. The molecule has 72 heavy (non-hydrogen) atoms. The fourth-order valence-corrected chi connectivity index (χ4v) is 6.91. The van der Waals surface area contributed by atoms with E-state index in [0.29, 0.717) is 10.6 Å². The Hall–Kier alpha value is -7.86. The first-order valence-electron chi connectivity index (χ1n) is 37.6. The number of hydrogen-bond acceptors (Lipinski definition) is 12. The number of carbonyl (C=O) groups is 3. The molecule has 21 heteroatoms.